The lowest BCUT2D eigenvalue weighted by molar-refractivity contribution is -0.119. The lowest BCUT2D eigenvalue weighted by atomic mass is 10.0. The van der Waals surface area contributed by atoms with Crippen LogP contribution in [0, 0.1) is 0 Å². The van der Waals surface area contributed by atoms with E-state index in [1.54, 1.807) is 0 Å². The molecule has 4 N–H and O–H groups in total. The van der Waals surface area contributed by atoms with Crippen LogP contribution in [0.1, 0.15) is 5.56 Å². The first-order chi connectivity index (χ1) is 6.24. The van der Waals surface area contributed by atoms with Crippen LogP contribution in [0.25, 0.3) is 0 Å². The molecular formula is C10H14N2O. The van der Waals surface area contributed by atoms with Gasteiger partial charge < -0.3 is 11.5 Å². The number of hydrogen-bond acceptors (Lipinski definition) is 3. The predicted octanol–water partition coefficient (Wildman–Crippen LogP) is 0.0842. The number of nitrogens with two attached hydrogens (primary N) is 2. The van der Waals surface area contributed by atoms with Crippen molar-refractivity contribution in [3.63, 3.8) is 0 Å². The number of benzene rings is 1. The van der Waals surface area contributed by atoms with Gasteiger partial charge in [-0.2, -0.15) is 0 Å². The average Bonchev–Trinajstić information content (AvgIpc) is 2.18. The van der Waals surface area contributed by atoms with Gasteiger partial charge in [-0.1, -0.05) is 30.3 Å². The van der Waals surface area contributed by atoms with Crippen LogP contribution < -0.4 is 11.5 Å². The highest BCUT2D eigenvalue weighted by Gasteiger charge is 2.11. The van der Waals surface area contributed by atoms with Crippen LogP contribution in [0.3, 0.4) is 0 Å². The summed E-state index contributed by atoms with van der Waals surface area (Å²) in [4.78, 5) is 11.3. The van der Waals surface area contributed by atoms with Gasteiger partial charge in [0, 0.05) is 13.0 Å². The van der Waals surface area contributed by atoms with Crippen LogP contribution in [0.15, 0.2) is 30.3 Å². The Morgan fingerprint density at radius 2 is 1.92 bits per heavy atom. The summed E-state index contributed by atoms with van der Waals surface area (Å²) in [5.41, 5.74) is 11.8. The fourth-order valence-electron chi connectivity index (χ4n) is 1.06. The molecule has 0 heterocycles. The van der Waals surface area contributed by atoms with Gasteiger partial charge >= 0.3 is 0 Å². The molecule has 0 spiro atoms. The van der Waals surface area contributed by atoms with Gasteiger partial charge in [-0.25, -0.2) is 0 Å². The maximum Gasteiger partial charge on any atom is 0.155 e. The molecule has 1 rings (SSSR count). The van der Waals surface area contributed by atoms with Crippen molar-refractivity contribution in [1.82, 2.24) is 0 Å². The fraction of sp³-hybridized carbons (Fsp3) is 0.300. The van der Waals surface area contributed by atoms with Crippen molar-refractivity contribution in [2.75, 3.05) is 6.54 Å². The van der Waals surface area contributed by atoms with Crippen molar-refractivity contribution >= 4 is 5.78 Å². The Kier molecular flexibility index (Phi) is 3.61. The molecule has 0 aliphatic heterocycles. The average molecular weight is 178 g/mol. The number of carbonyl (C=O) groups excluding carboxylic acids is 1. The zero-order chi connectivity index (χ0) is 9.68. The van der Waals surface area contributed by atoms with E-state index in [-0.39, 0.29) is 12.3 Å². The summed E-state index contributed by atoms with van der Waals surface area (Å²) >= 11 is 0. The zero-order valence-corrected chi connectivity index (χ0v) is 7.44. The molecule has 0 saturated heterocycles. The first-order valence-electron chi connectivity index (χ1n) is 4.26. The van der Waals surface area contributed by atoms with E-state index in [1.807, 2.05) is 30.3 Å². The molecule has 70 valence electrons. The van der Waals surface area contributed by atoms with Crippen LogP contribution in [0.2, 0.25) is 0 Å². The predicted molar refractivity (Wildman–Crippen MR) is 52.2 cm³/mol. The summed E-state index contributed by atoms with van der Waals surface area (Å²) in [6, 6.07) is 8.99. The molecule has 0 bridgehead atoms. The molecule has 0 aromatic heterocycles. The Morgan fingerprint density at radius 1 is 1.31 bits per heavy atom. The molecular weight excluding hydrogens is 164 g/mol. The summed E-state index contributed by atoms with van der Waals surface area (Å²) in [5, 5.41) is 0. The van der Waals surface area contributed by atoms with Crippen LogP contribution in [0.4, 0.5) is 0 Å². The highest BCUT2D eigenvalue weighted by atomic mass is 16.1. The van der Waals surface area contributed by atoms with Gasteiger partial charge in [0.25, 0.3) is 0 Å². The molecule has 1 unspecified atom stereocenters. The van der Waals surface area contributed by atoms with E-state index in [2.05, 4.69) is 0 Å². The summed E-state index contributed by atoms with van der Waals surface area (Å²) in [6.07, 6.45) is 0.374. The van der Waals surface area contributed by atoms with E-state index in [4.69, 9.17) is 11.5 Å². The fourth-order valence-corrected chi connectivity index (χ4v) is 1.06. The summed E-state index contributed by atoms with van der Waals surface area (Å²) in [5.74, 6) is -0.00583. The van der Waals surface area contributed by atoms with E-state index in [9.17, 15) is 4.79 Å². The van der Waals surface area contributed by atoms with Crippen molar-refractivity contribution in [3.8, 4) is 0 Å². The molecule has 1 atom stereocenters. The summed E-state index contributed by atoms with van der Waals surface area (Å²) in [6.45, 7) is 0.214. The number of hydrogen-bond donors (Lipinski definition) is 2. The molecule has 0 fully saturated rings. The van der Waals surface area contributed by atoms with Gasteiger partial charge in [-0.05, 0) is 5.56 Å². The normalized spacial score (nSPS) is 12.5. The number of rotatable bonds is 4. The Morgan fingerprint density at radius 3 is 2.46 bits per heavy atom. The van der Waals surface area contributed by atoms with Crippen molar-refractivity contribution in [3.05, 3.63) is 35.9 Å². The maximum absolute atomic E-state index is 11.3. The molecule has 0 aliphatic rings. The number of ketones is 1. The Hall–Kier alpha value is -1.19. The van der Waals surface area contributed by atoms with Gasteiger partial charge in [0.05, 0.1) is 6.04 Å². The van der Waals surface area contributed by atoms with E-state index in [1.165, 1.54) is 0 Å². The lowest BCUT2D eigenvalue weighted by Gasteiger charge is -2.06. The molecule has 13 heavy (non-hydrogen) atoms. The minimum Gasteiger partial charge on any atom is -0.328 e. The SMILES string of the molecule is NCC(N)C(=O)Cc1ccccc1. The zero-order valence-electron chi connectivity index (χ0n) is 7.44. The molecule has 1 aromatic carbocycles. The van der Waals surface area contributed by atoms with Crippen molar-refractivity contribution in [2.45, 2.75) is 12.5 Å². The van der Waals surface area contributed by atoms with Crippen LogP contribution in [0.5, 0.6) is 0 Å². The molecule has 3 heteroatoms. The standard InChI is InChI=1S/C10H14N2O/c11-7-9(12)10(13)6-8-4-2-1-3-5-8/h1-5,9H,6-7,11-12H2. The van der Waals surface area contributed by atoms with Crippen LogP contribution in [-0.4, -0.2) is 18.4 Å². The van der Waals surface area contributed by atoms with Crippen LogP contribution in [-0.2, 0) is 11.2 Å². The lowest BCUT2D eigenvalue weighted by Crippen LogP contribution is -2.38. The summed E-state index contributed by atoms with van der Waals surface area (Å²) < 4.78 is 0. The number of carbonyl (C=O) groups is 1. The van der Waals surface area contributed by atoms with E-state index in [0.29, 0.717) is 6.42 Å². The van der Waals surface area contributed by atoms with Crippen molar-refractivity contribution in [2.24, 2.45) is 11.5 Å². The highest BCUT2D eigenvalue weighted by Crippen LogP contribution is 2.00. The first kappa shape index (κ1) is 9.89. The third kappa shape index (κ3) is 2.97. The second-order valence-electron chi connectivity index (χ2n) is 2.97. The third-order valence-electron chi connectivity index (χ3n) is 1.89. The van der Waals surface area contributed by atoms with Crippen molar-refractivity contribution in [1.29, 1.82) is 0 Å². The second kappa shape index (κ2) is 4.74. The summed E-state index contributed by atoms with van der Waals surface area (Å²) in [7, 11) is 0. The monoisotopic (exact) mass is 178 g/mol. The Labute approximate surface area is 77.7 Å². The van der Waals surface area contributed by atoms with Gasteiger partial charge in [0.1, 0.15) is 0 Å². The maximum atomic E-state index is 11.3. The Balaban J connectivity index is 2.55. The third-order valence-corrected chi connectivity index (χ3v) is 1.89. The van der Waals surface area contributed by atoms with Gasteiger partial charge in [-0.15, -0.1) is 0 Å². The molecule has 1 aromatic rings. The largest absolute Gasteiger partial charge is 0.328 e. The minimum atomic E-state index is -0.528. The van der Waals surface area contributed by atoms with Gasteiger partial charge in [0.15, 0.2) is 5.78 Å². The number of Topliss-reactive ketones (excluding diaryl/α,β-unsaturated/α-hetero) is 1. The molecule has 0 saturated carbocycles. The minimum absolute atomic E-state index is 0.00583. The molecule has 0 aliphatic carbocycles. The topological polar surface area (TPSA) is 69.1 Å². The highest BCUT2D eigenvalue weighted by molar-refractivity contribution is 5.86. The van der Waals surface area contributed by atoms with Gasteiger partial charge in [-0.3, -0.25) is 4.79 Å². The van der Waals surface area contributed by atoms with E-state index in [0.717, 1.165) is 5.56 Å². The Bertz CT molecular complexity index is 272. The molecule has 0 radical (unpaired) electrons. The smallest absolute Gasteiger partial charge is 0.155 e. The van der Waals surface area contributed by atoms with E-state index >= 15 is 0 Å². The second-order valence-corrected chi connectivity index (χ2v) is 2.97. The first-order valence-corrected chi connectivity index (χ1v) is 4.26. The van der Waals surface area contributed by atoms with E-state index < -0.39 is 6.04 Å². The van der Waals surface area contributed by atoms with Crippen LogP contribution >= 0.6 is 0 Å². The van der Waals surface area contributed by atoms with Crippen molar-refractivity contribution < 1.29 is 4.79 Å². The van der Waals surface area contributed by atoms with Gasteiger partial charge in [0.2, 0.25) is 0 Å². The molecule has 3 nitrogen and oxygen atoms in total. The molecule has 0 amide bonds. The quantitative estimate of drug-likeness (QED) is 0.686.